The SMILES string of the molecule is Cc1cccc(C)c1-c1cnn(-c2cccc(Oc3ccc4c5ccc(C#N)cc5n(-c5cc(C(C)C)ccn5)c4c3)c2)c1. The zero-order chi connectivity index (χ0) is 30.4. The number of nitriles is 1. The molecule has 6 nitrogen and oxygen atoms in total. The molecule has 0 aliphatic heterocycles. The molecular weight excluding hydrogens is 542 g/mol. The van der Waals surface area contributed by atoms with Crippen molar-refractivity contribution in [1.82, 2.24) is 19.3 Å². The van der Waals surface area contributed by atoms with Crippen LogP contribution >= 0.6 is 0 Å². The standard InChI is InChI=1S/C38H31N5O/c1-24(2)28-15-16-40-37(18-28)43-35-17-27(21-39)11-13-33(35)34-14-12-32(20-36(34)43)44-31-10-6-9-30(19-31)42-23-29(22-41-42)38-25(3)7-5-8-26(38)4/h5-20,22-24H,1-4H3. The summed E-state index contributed by atoms with van der Waals surface area (Å²) in [4.78, 5) is 4.74. The summed E-state index contributed by atoms with van der Waals surface area (Å²) < 4.78 is 10.5. The molecule has 0 saturated carbocycles. The minimum Gasteiger partial charge on any atom is -0.457 e. The Morgan fingerprint density at radius 1 is 0.795 bits per heavy atom. The molecular formula is C38H31N5O. The Morgan fingerprint density at radius 3 is 2.30 bits per heavy atom. The Labute approximate surface area is 256 Å². The van der Waals surface area contributed by atoms with E-state index in [2.05, 4.69) is 86.0 Å². The van der Waals surface area contributed by atoms with E-state index < -0.39 is 0 Å². The fraction of sp³-hybridized carbons (Fsp3) is 0.132. The Kier molecular flexibility index (Phi) is 6.71. The van der Waals surface area contributed by atoms with Crippen LogP contribution in [0.2, 0.25) is 0 Å². The van der Waals surface area contributed by atoms with Crippen LogP contribution in [0.15, 0.2) is 110 Å². The van der Waals surface area contributed by atoms with Gasteiger partial charge < -0.3 is 4.74 Å². The van der Waals surface area contributed by atoms with E-state index in [0.29, 0.717) is 23.0 Å². The lowest BCUT2D eigenvalue weighted by Crippen LogP contribution is -2.00. The van der Waals surface area contributed by atoms with Gasteiger partial charge in [-0.2, -0.15) is 10.4 Å². The van der Waals surface area contributed by atoms with Crippen LogP contribution in [0.1, 0.15) is 42.0 Å². The Bertz CT molecular complexity index is 2210. The smallest absolute Gasteiger partial charge is 0.137 e. The molecule has 0 bridgehead atoms. The average molecular weight is 574 g/mol. The van der Waals surface area contributed by atoms with Gasteiger partial charge in [0.2, 0.25) is 0 Å². The van der Waals surface area contributed by atoms with E-state index in [-0.39, 0.29) is 0 Å². The molecule has 214 valence electrons. The van der Waals surface area contributed by atoms with Crippen molar-refractivity contribution in [3.8, 4) is 40.2 Å². The molecule has 3 aromatic heterocycles. The van der Waals surface area contributed by atoms with Crippen molar-refractivity contribution in [2.24, 2.45) is 0 Å². The molecule has 0 N–H and O–H groups in total. The van der Waals surface area contributed by atoms with Crippen LogP contribution in [0.3, 0.4) is 0 Å². The van der Waals surface area contributed by atoms with Crippen molar-refractivity contribution < 1.29 is 4.74 Å². The van der Waals surface area contributed by atoms with E-state index in [0.717, 1.165) is 38.9 Å². The Morgan fingerprint density at radius 2 is 1.52 bits per heavy atom. The molecule has 0 fully saturated rings. The van der Waals surface area contributed by atoms with Crippen molar-refractivity contribution in [2.75, 3.05) is 0 Å². The highest BCUT2D eigenvalue weighted by atomic mass is 16.5. The van der Waals surface area contributed by atoms with Gasteiger partial charge >= 0.3 is 0 Å². The highest BCUT2D eigenvalue weighted by Crippen LogP contribution is 2.36. The maximum atomic E-state index is 9.65. The maximum Gasteiger partial charge on any atom is 0.137 e. The number of benzene rings is 4. The summed E-state index contributed by atoms with van der Waals surface area (Å²) >= 11 is 0. The number of fused-ring (bicyclic) bond motifs is 3. The van der Waals surface area contributed by atoms with Crippen molar-refractivity contribution in [3.63, 3.8) is 0 Å². The number of aromatic nitrogens is 4. The molecule has 0 amide bonds. The molecule has 0 aliphatic carbocycles. The van der Waals surface area contributed by atoms with Gasteiger partial charge in [0, 0.05) is 40.9 Å². The average Bonchev–Trinajstić information content (AvgIpc) is 3.64. The molecule has 6 heteroatoms. The molecule has 7 rings (SSSR count). The Balaban J connectivity index is 1.28. The van der Waals surface area contributed by atoms with Gasteiger partial charge in [-0.15, -0.1) is 0 Å². The van der Waals surface area contributed by atoms with Crippen LogP contribution in [0, 0.1) is 25.2 Å². The molecule has 0 unspecified atom stereocenters. The summed E-state index contributed by atoms with van der Waals surface area (Å²) in [5.41, 5.74) is 9.36. The summed E-state index contributed by atoms with van der Waals surface area (Å²) in [5.74, 6) is 2.58. The molecule has 0 radical (unpaired) electrons. The number of aryl methyl sites for hydroxylation is 2. The van der Waals surface area contributed by atoms with Gasteiger partial charge in [0.05, 0.1) is 34.6 Å². The van der Waals surface area contributed by atoms with Gasteiger partial charge in [-0.05, 0) is 90.6 Å². The van der Waals surface area contributed by atoms with Gasteiger partial charge in [0.15, 0.2) is 0 Å². The van der Waals surface area contributed by atoms with Gasteiger partial charge in [-0.3, -0.25) is 4.57 Å². The van der Waals surface area contributed by atoms with Crippen LogP contribution in [0.5, 0.6) is 11.5 Å². The van der Waals surface area contributed by atoms with Crippen molar-refractivity contribution in [3.05, 3.63) is 132 Å². The molecule has 0 aliphatic rings. The fourth-order valence-electron chi connectivity index (χ4n) is 5.98. The summed E-state index contributed by atoms with van der Waals surface area (Å²) in [6.07, 6.45) is 5.83. The van der Waals surface area contributed by atoms with E-state index >= 15 is 0 Å². The number of ether oxygens (including phenoxy) is 1. The predicted octanol–water partition coefficient (Wildman–Crippen LogP) is 9.44. The third-order valence-electron chi connectivity index (χ3n) is 8.20. The summed E-state index contributed by atoms with van der Waals surface area (Å²) in [7, 11) is 0. The third kappa shape index (κ3) is 4.79. The highest BCUT2D eigenvalue weighted by Gasteiger charge is 2.16. The van der Waals surface area contributed by atoms with Gasteiger partial charge in [-0.25, -0.2) is 9.67 Å². The first-order valence-corrected chi connectivity index (χ1v) is 14.7. The van der Waals surface area contributed by atoms with Crippen molar-refractivity contribution >= 4 is 21.8 Å². The number of hydrogen-bond acceptors (Lipinski definition) is 4. The third-order valence-corrected chi connectivity index (χ3v) is 8.20. The van der Waals surface area contributed by atoms with E-state index in [4.69, 9.17) is 9.72 Å². The van der Waals surface area contributed by atoms with E-state index in [1.807, 2.05) is 71.7 Å². The second-order valence-corrected chi connectivity index (χ2v) is 11.5. The molecule has 7 aromatic rings. The monoisotopic (exact) mass is 573 g/mol. The highest BCUT2D eigenvalue weighted by molar-refractivity contribution is 6.09. The van der Waals surface area contributed by atoms with Crippen molar-refractivity contribution in [2.45, 2.75) is 33.6 Å². The summed E-state index contributed by atoms with van der Waals surface area (Å²) in [6, 6.07) is 32.7. The number of hydrogen-bond donors (Lipinski definition) is 0. The molecule has 44 heavy (non-hydrogen) atoms. The first-order valence-electron chi connectivity index (χ1n) is 14.7. The lowest BCUT2D eigenvalue weighted by molar-refractivity contribution is 0.483. The molecule has 0 spiro atoms. The number of pyridine rings is 1. The zero-order valence-electron chi connectivity index (χ0n) is 25.1. The Hall–Kier alpha value is -5.67. The quantitative estimate of drug-likeness (QED) is 0.199. The predicted molar refractivity (Wildman–Crippen MR) is 176 cm³/mol. The fourth-order valence-corrected chi connectivity index (χ4v) is 5.98. The minimum atomic E-state index is 0.359. The van der Waals surface area contributed by atoms with Crippen LogP contribution in [0.4, 0.5) is 0 Å². The molecule has 4 aromatic carbocycles. The van der Waals surface area contributed by atoms with Crippen LogP contribution in [-0.2, 0) is 0 Å². The first kappa shape index (κ1) is 27.2. The van der Waals surface area contributed by atoms with Crippen LogP contribution in [-0.4, -0.2) is 19.3 Å². The summed E-state index contributed by atoms with van der Waals surface area (Å²) in [6.45, 7) is 8.60. The number of nitrogens with zero attached hydrogens (tertiary/aromatic N) is 5. The minimum absolute atomic E-state index is 0.359. The topological polar surface area (TPSA) is 68.7 Å². The zero-order valence-corrected chi connectivity index (χ0v) is 25.1. The number of rotatable bonds is 6. The van der Waals surface area contributed by atoms with Gasteiger partial charge in [-0.1, -0.05) is 44.2 Å². The largest absolute Gasteiger partial charge is 0.457 e. The normalized spacial score (nSPS) is 11.4. The van der Waals surface area contributed by atoms with Crippen molar-refractivity contribution in [1.29, 1.82) is 5.26 Å². The van der Waals surface area contributed by atoms with Crippen LogP contribution < -0.4 is 4.74 Å². The lowest BCUT2D eigenvalue weighted by atomic mass is 9.98. The molecule has 0 saturated heterocycles. The second-order valence-electron chi connectivity index (χ2n) is 11.5. The van der Waals surface area contributed by atoms with E-state index in [1.165, 1.54) is 22.3 Å². The summed E-state index contributed by atoms with van der Waals surface area (Å²) in [5, 5.41) is 16.4. The molecule has 3 heterocycles. The lowest BCUT2D eigenvalue weighted by Gasteiger charge is -2.12. The van der Waals surface area contributed by atoms with Gasteiger partial charge in [0.25, 0.3) is 0 Å². The molecule has 0 atom stereocenters. The maximum absolute atomic E-state index is 9.65. The first-order chi connectivity index (χ1) is 21.4. The van der Waals surface area contributed by atoms with E-state index in [1.54, 1.807) is 0 Å². The van der Waals surface area contributed by atoms with E-state index in [9.17, 15) is 5.26 Å². The van der Waals surface area contributed by atoms with Gasteiger partial charge in [0.1, 0.15) is 17.3 Å². The van der Waals surface area contributed by atoms with Crippen LogP contribution in [0.25, 0.3) is 44.4 Å². The second kappa shape index (κ2) is 10.9.